The highest BCUT2D eigenvalue weighted by Crippen LogP contribution is 2.30. The van der Waals surface area contributed by atoms with Gasteiger partial charge in [-0.25, -0.2) is 0 Å². The molecule has 0 radical (unpaired) electrons. The van der Waals surface area contributed by atoms with Gasteiger partial charge in [0.2, 0.25) is 0 Å². The summed E-state index contributed by atoms with van der Waals surface area (Å²) in [7, 11) is 0. The van der Waals surface area contributed by atoms with Gasteiger partial charge in [0.15, 0.2) is 0 Å². The van der Waals surface area contributed by atoms with Crippen molar-refractivity contribution in [2.75, 3.05) is 11.4 Å². The van der Waals surface area contributed by atoms with Crippen molar-refractivity contribution >= 4 is 18.0 Å². The molecule has 0 saturated heterocycles. The van der Waals surface area contributed by atoms with Crippen LogP contribution < -0.4 is 4.90 Å². The van der Waals surface area contributed by atoms with Crippen LogP contribution in [-0.4, -0.2) is 17.7 Å². The lowest BCUT2D eigenvalue weighted by atomic mass is 10.1. The number of pyridine rings is 1. The van der Waals surface area contributed by atoms with E-state index in [9.17, 15) is 0 Å². The molecule has 68 valence electrons. The molecule has 0 fully saturated rings. The molecule has 0 aromatic carbocycles. The van der Waals surface area contributed by atoms with E-state index in [4.69, 9.17) is 0 Å². The lowest BCUT2D eigenvalue weighted by Crippen LogP contribution is -2.28. The minimum absolute atomic E-state index is 0.840. The van der Waals surface area contributed by atoms with Gasteiger partial charge in [-0.05, 0) is 18.2 Å². The molecule has 0 saturated carbocycles. The molecule has 3 rings (SSSR count). The van der Waals surface area contributed by atoms with Crippen LogP contribution in [0, 0.1) is 0 Å². The molecule has 0 atom stereocenters. The minimum Gasteiger partial charge on any atom is -0.334 e. The minimum atomic E-state index is 0.840. The Morgan fingerprint density at radius 2 is 2.29 bits per heavy atom. The van der Waals surface area contributed by atoms with Crippen LogP contribution in [0.4, 0.5) is 5.69 Å². The first-order valence-electron chi connectivity index (χ1n) is 4.56. The summed E-state index contributed by atoms with van der Waals surface area (Å²) >= 11 is 0. The quantitative estimate of drug-likeness (QED) is 0.614. The smallest absolute Gasteiger partial charge is 0.0600 e. The Morgan fingerprint density at radius 1 is 1.29 bits per heavy atom. The maximum atomic E-state index is 4.14. The van der Waals surface area contributed by atoms with Gasteiger partial charge in [-0.1, -0.05) is 0 Å². The number of hydrogen-bond acceptors (Lipinski definition) is 3. The number of aliphatic imine (C=N–C) groups is 1. The van der Waals surface area contributed by atoms with Crippen LogP contribution in [0.2, 0.25) is 0 Å². The molecule has 0 unspecified atom stereocenters. The zero-order valence-corrected chi connectivity index (χ0v) is 7.59. The standard InChI is InChI=1S/C11H9N3/c1-2-10-8-13-5-6-14(10)11-3-4-12-7-9(1)11/h1-5,7-8H,6H2. The molecule has 0 bridgehead atoms. The number of hydrogen-bond donors (Lipinski definition) is 0. The SMILES string of the molecule is C1=Cc2cnccc2N2CC=NC=C12. The number of anilines is 1. The van der Waals surface area contributed by atoms with Gasteiger partial charge >= 0.3 is 0 Å². The zero-order valence-electron chi connectivity index (χ0n) is 7.59. The van der Waals surface area contributed by atoms with Crippen molar-refractivity contribution in [2.24, 2.45) is 4.99 Å². The Balaban J connectivity index is 2.18. The van der Waals surface area contributed by atoms with Crippen LogP contribution in [0.1, 0.15) is 5.56 Å². The summed E-state index contributed by atoms with van der Waals surface area (Å²) in [6.45, 7) is 0.840. The Bertz CT molecular complexity index is 457. The van der Waals surface area contributed by atoms with Crippen LogP contribution in [-0.2, 0) is 0 Å². The fourth-order valence-corrected chi connectivity index (χ4v) is 1.75. The Hall–Kier alpha value is -1.90. The van der Waals surface area contributed by atoms with Gasteiger partial charge in [0.1, 0.15) is 0 Å². The summed E-state index contributed by atoms with van der Waals surface area (Å²) in [4.78, 5) is 10.5. The topological polar surface area (TPSA) is 28.5 Å². The molecule has 2 aliphatic rings. The van der Waals surface area contributed by atoms with Gasteiger partial charge in [-0.2, -0.15) is 0 Å². The number of rotatable bonds is 0. The Labute approximate surface area is 82.1 Å². The summed E-state index contributed by atoms with van der Waals surface area (Å²) in [5, 5.41) is 0. The third kappa shape index (κ3) is 0.988. The molecule has 0 spiro atoms. The van der Waals surface area contributed by atoms with Gasteiger partial charge in [0.25, 0.3) is 0 Å². The molecule has 1 aromatic rings. The van der Waals surface area contributed by atoms with Crippen molar-refractivity contribution in [3.8, 4) is 0 Å². The van der Waals surface area contributed by atoms with E-state index in [1.165, 1.54) is 11.3 Å². The third-order valence-corrected chi connectivity index (χ3v) is 2.44. The van der Waals surface area contributed by atoms with Crippen LogP contribution in [0.15, 0.2) is 41.4 Å². The van der Waals surface area contributed by atoms with Gasteiger partial charge in [-0.3, -0.25) is 9.98 Å². The third-order valence-electron chi connectivity index (χ3n) is 2.44. The molecule has 2 aliphatic heterocycles. The predicted molar refractivity (Wildman–Crippen MR) is 57.2 cm³/mol. The summed E-state index contributed by atoms with van der Waals surface area (Å²) in [5.41, 5.74) is 3.52. The van der Waals surface area contributed by atoms with Crippen molar-refractivity contribution in [3.63, 3.8) is 0 Å². The number of fused-ring (bicyclic) bond motifs is 3. The number of aromatic nitrogens is 1. The van der Waals surface area contributed by atoms with Crippen LogP contribution >= 0.6 is 0 Å². The van der Waals surface area contributed by atoms with Crippen molar-refractivity contribution in [2.45, 2.75) is 0 Å². The molecule has 3 nitrogen and oxygen atoms in total. The Morgan fingerprint density at radius 3 is 3.29 bits per heavy atom. The summed E-state index contributed by atoms with van der Waals surface area (Å²) < 4.78 is 0. The zero-order chi connectivity index (χ0) is 9.38. The molecule has 3 heteroatoms. The van der Waals surface area contributed by atoms with E-state index in [1.54, 1.807) is 0 Å². The highest BCUT2D eigenvalue weighted by atomic mass is 15.2. The number of nitrogens with zero attached hydrogens (tertiary/aromatic N) is 3. The molecular formula is C11H9N3. The fourth-order valence-electron chi connectivity index (χ4n) is 1.75. The average molecular weight is 183 g/mol. The molecule has 3 heterocycles. The lowest BCUT2D eigenvalue weighted by Gasteiger charge is -2.29. The fraction of sp³-hybridized carbons (Fsp3) is 0.0909. The van der Waals surface area contributed by atoms with E-state index in [2.05, 4.69) is 27.0 Å². The molecule has 1 aromatic heterocycles. The number of allylic oxidation sites excluding steroid dienone is 1. The first-order valence-corrected chi connectivity index (χ1v) is 4.56. The lowest BCUT2D eigenvalue weighted by molar-refractivity contribution is 1.03. The molecule has 14 heavy (non-hydrogen) atoms. The largest absolute Gasteiger partial charge is 0.334 e. The first-order chi connectivity index (χ1) is 6.95. The first kappa shape index (κ1) is 7.50. The van der Waals surface area contributed by atoms with Gasteiger partial charge in [0, 0.05) is 24.2 Å². The van der Waals surface area contributed by atoms with E-state index >= 15 is 0 Å². The maximum Gasteiger partial charge on any atom is 0.0600 e. The maximum absolute atomic E-state index is 4.14. The van der Waals surface area contributed by atoms with E-state index in [0.717, 1.165) is 12.2 Å². The highest BCUT2D eigenvalue weighted by molar-refractivity contribution is 5.81. The van der Waals surface area contributed by atoms with Crippen LogP contribution in [0.3, 0.4) is 0 Å². The van der Waals surface area contributed by atoms with Crippen LogP contribution in [0.25, 0.3) is 6.08 Å². The average Bonchev–Trinajstić information content (AvgIpc) is 2.29. The van der Waals surface area contributed by atoms with E-state index in [1.807, 2.05) is 30.9 Å². The monoisotopic (exact) mass is 183 g/mol. The molecule has 0 N–H and O–H groups in total. The predicted octanol–water partition coefficient (Wildman–Crippen LogP) is 1.84. The highest BCUT2D eigenvalue weighted by Gasteiger charge is 2.17. The van der Waals surface area contributed by atoms with Crippen molar-refractivity contribution in [1.29, 1.82) is 0 Å². The van der Waals surface area contributed by atoms with Gasteiger partial charge in [-0.15, -0.1) is 0 Å². The van der Waals surface area contributed by atoms with Crippen molar-refractivity contribution < 1.29 is 0 Å². The van der Waals surface area contributed by atoms with Crippen LogP contribution in [0.5, 0.6) is 0 Å². The second kappa shape index (κ2) is 2.80. The molecule has 0 aliphatic carbocycles. The summed E-state index contributed by atoms with van der Waals surface area (Å²) in [6.07, 6.45) is 11.6. The van der Waals surface area contributed by atoms with Crippen molar-refractivity contribution in [1.82, 2.24) is 4.98 Å². The Kier molecular flexibility index (Phi) is 1.50. The van der Waals surface area contributed by atoms with Gasteiger partial charge in [0.05, 0.1) is 24.1 Å². The van der Waals surface area contributed by atoms with Gasteiger partial charge < -0.3 is 4.90 Å². The second-order valence-corrected chi connectivity index (χ2v) is 3.26. The summed E-state index contributed by atoms with van der Waals surface area (Å²) in [6, 6.07) is 2.03. The normalized spacial score (nSPS) is 17.4. The molecule has 0 amide bonds. The van der Waals surface area contributed by atoms with Crippen molar-refractivity contribution in [3.05, 3.63) is 42.0 Å². The van der Waals surface area contributed by atoms with E-state index in [-0.39, 0.29) is 0 Å². The van der Waals surface area contributed by atoms with E-state index in [0.29, 0.717) is 0 Å². The van der Waals surface area contributed by atoms with E-state index < -0.39 is 0 Å². The molecular weight excluding hydrogens is 174 g/mol. The summed E-state index contributed by atoms with van der Waals surface area (Å²) in [5.74, 6) is 0. The second-order valence-electron chi connectivity index (χ2n) is 3.26.